The van der Waals surface area contributed by atoms with Crippen LogP contribution in [0, 0.1) is 0 Å². The number of hydrogen-bond acceptors (Lipinski definition) is 9. The molecule has 0 bridgehead atoms. The second kappa shape index (κ2) is 7.32. The van der Waals surface area contributed by atoms with Gasteiger partial charge in [-0.05, 0) is 19.2 Å². The van der Waals surface area contributed by atoms with E-state index in [0.717, 1.165) is 10.7 Å². The first kappa shape index (κ1) is 17.6. The van der Waals surface area contributed by atoms with Crippen molar-refractivity contribution in [3.63, 3.8) is 0 Å². The second-order valence-electron chi connectivity index (χ2n) is 5.12. The largest absolute Gasteiger partial charge is 0.465 e. The molecule has 1 unspecified atom stereocenters. The summed E-state index contributed by atoms with van der Waals surface area (Å²) in [4.78, 5) is 24.9. The summed E-state index contributed by atoms with van der Waals surface area (Å²) in [6.45, 7) is 1.99. The Morgan fingerprint density at radius 1 is 1.36 bits per heavy atom. The molecule has 0 aliphatic rings. The number of carbonyl (C=O) groups excluding carboxylic acids is 1. The second-order valence-corrected chi connectivity index (χ2v) is 7.26. The van der Waals surface area contributed by atoms with Crippen molar-refractivity contribution in [2.24, 2.45) is 0 Å². The molecule has 2 N–H and O–H groups in total. The van der Waals surface area contributed by atoms with Gasteiger partial charge >= 0.3 is 5.97 Å². The molecule has 7 nitrogen and oxygen atoms in total. The van der Waals surface area contributed by atoms with Crippen LogP contribution in [0.1, 0.15) is 28.2 Å². The molecule has 3 rings (SSSR count). The Labute approximate surface area is 152 Å². The average Bonchev–Trinajstić information content (AvgIpc) is 3.03. The maximum Gasteiger partial charge on any atom is 0.341 e. The number of pyridine rings is 1. The van der Waals surface area contributed by atoms with Crippen LogP contribution in [0.15, 0.2) is 39.2 Å². The van der Waals surface area contributed by atoms with Crippen LogP contribution in [0.5, 0.6) is 0 Å². The summed E-state index contributed by atoms with van der Waals surface area (Å²) in [5.74, 6) is -0.0136. The van der Waals surface area contributed by atoms with E-state index in [1.807, 2.05) is 19.2 Å². The summed E-state index contributed by atoms with van der Waals surface area (Å²) < 4.78 is 10.1. The van der Waals surface area contributed by atoms with Crippen molar-refractivity contribution in [1.82, 2.24) is 15.0 Å². The number of esters is 1. The SMILES string of the molecule is COC(=O)c1coc2cnc(C(C)Sc3nc(N)cc(SC)n3)cc12. The van der Waals surface area contributed by atoms with Gasteiger partial charge in [0.1, 0.15) is 22.7 Å². The highest BCUT2D eigenvalue weighted by molar-refractivity contribution is 7.99. The third kappa shape index (κ3) is 3.72. The Kier molecular flexibility index (Phi) is 5.14. The molecule has 0 saturated carbocycles. The quantitative estimate of drug-likeness (QED) is 0.310. The lowest BCUT2D eigenvalue weighted by atomic mass is 10.1. The number of furan rings is 1. The van der Waals surface area contributed by atoms with Crippen LogP contribution in [-0.4, -0.2) is 34.3 Å². The number of nitrogens with zero attached hydrogens (tertiary/aromatic N) is 3. The van der Waals surface area contributed by atoms with Crippen molar-refractivity contribution in [3.8, 4) is 0 Å². The van der Waals surface area contributed by atoms with E-state index < -0.39 is 5.97 Å². The summed E-state index contributed by atoms with van der Waals surface area (Å²) in [5.41, 5.74) is 7.51. The number of methoxy groups -OCH3 is 1. The summed E-state index contributed by atoms with van der Waals surface area (Å²) >= 11 is 2.95. The van der Waals surface area contributed by atoms with E-state index in [2.05, 4.69) is 15.0 Å². The van der Waals surface area contributed by atoms with Crippen LogP contribution in [0.4, 0.5) is 5.82 Å². The van der Waals surface area contributed by atoms with E-state index >= 15 is 0 Å². The first-order valence-corrected chi connectivity index (χ1v) is 9.43. The minimum Gasteiger partial charge on any atom is -0.465 e. The number of nitrogen functional groups attached to an aromatic ring is 1. The van der Waals surface area contributed by atoms with Crippen LogP contribution in [0.3, 0.4) is 0 Å². The molecule has 0 saturated heterocycles. The predicted molar refractivity (Wildman–Crippen MR) is 97.8 cm³/mol. The number of ether oxygens (including phenoxy) is 1. The summed E-state index contributed by atoms with van der Waals surface area (Å²) in [6.07, 6.45) is 4.91. The molecule has 0 radical (unpaired) electrons. The van der Waals surface area contributed by atoms with Crippen LogP contribution in [-0.2, 0) is 4.74 Å². The molecule has 0 aliphatic carbocycles. The zero-order valence-electron chi connectivity index (χ0n) is 13.8. The predicted octanol–water partition coefficient (Wildman–Crippen LogP) is 3.56. The lowest BCUT2D eigenvalue weighted by molar-refractivity contribution is 0.0602. The van der Waals surface area contributed by atoms with Gasteiger partial charge in [0.05, 0.1) is 24.3 Å². The van der Waals surface area contributed by atoms with Crippen molar-refractivity contribution in [1.29, 1.82) is 0 Å². The van der Waals surface area contributed by atoms with Gasteiger partial charge in [0.25, 0.3) is 0 Å². The van der Waals surface area contributed by atoms with Gasteiger partial charge in [-0.25, -0.2) is 14.8 Å². The molecule has 0 fully saturated rings. The molecule has 0 aromatic carbocycles. The van der Waals surface area contributed by atoms with Gasteiger partial charge in [-0.1, -0.05) is 11.8 Å². The third-order valence-corrected chi connectivity index (χ3v) is 5.11. The van der Waals surface area contributed by atoms with E-state index in [1.54, 1.807) is 12.3 Å². The maximum atomic E-state index is 11.8. The van der Waals surface area contributed by atoms with Gasteiger partial charge in [-0.2, -0.15) is 0 Å². The molecular weight excluding hydrogens is 360 g/mol. The molecular formula is C16H16N4O3S2. The van der Waals surface area contributed by atoms with Crippen molar-refractivity contribution in [2.75, 3.05) is 19.1 Å². The normalized spacial score (nSPS) is 12.3. The monoisotopic (exact) mass is 376 g/mol. The van der Waals surface area contributed by atoms with Gasteiger partial charge < -0.3 is 14.9 Å². The Morgan fingerprint density at radius 2 is 2.16 bits per heavy atom. The standard InChI is InChI=1S/C16H16N4O3S2/c1-8(25-16-19-13(17)5-14(20-16)24-3)11-4-9-10(15(21)22-2)7-23-12(9)6-18-11/h4-8H,1-3H3,(H2,17,19,20). The van der Waals surface area contributed by atoms with E-state index in [-0.39, 0.29) is 5.25 Å². The molecule has 1 atom stereocenters. The van der Waals surface area contributed by atoms with Gasteiger partial charge in [-0.15, -0.1) is 11.8 Å². The zero-order chi connectivity index (χ0) is 18.0. The van der Waals surface area contributed by atoms with Crippen molar-refractivity contribution in [3.05, 3.63) is 35.9 Å². The summed E-state index contributed by atoms with van der Waals surface area (Å²) in [5, 5.41) is 2.02. The average molecular weight is 376 g/mol. The van der Waals surface area contributed by atoms with Crippen molar-refractivity contribution >= 4 is 46.3 Å². The smallest absolute Gasteiger partial charge is 0.341 e. The minimum atomic E-state index is -0.444. The lowest BCUT2D eigenvalue weighted by Gasteiger charge is -2.10. The molecule has 3 aromatic rings. The first-order valence-electron chi connectivity index (χ1n) is 7.32. The highest BCUT2D eigenvalue weighted by Gasteiger charge is 2.18. The number of rotatable bonds is 5. The molecule has 0 amide bonds. The number of nitrogens with two attached hydrogens (primary N) is 1. The number of anilines is 1. The Bertz CT molecular complexity index is 929. The third-order valence-electron chi connectivity index (χ3n) is 3.50. The fourth-order valence-electron chi connectivity index (χ4n) is 2.24. The van der Waals surface area contributed by atoms with Gasteiger partial charge in [0.2, 0.25) is 0 Å². The van der Waals surface area contributed by atoms with Crippen LogP contribution in [0.25, 0.3) is 11.0 Å². The minimum absolute atomic E-state index is 0.0405. The van der Waals surface area contributed by atoms with Crippen LogP contribution in [0.2, 0.25) is 0 Å². The van der Waals surface area contributed by atoms with Gasteiger partial charge in [0.15, 0.2) is 10.7 Å². The lowest BCUT2D eigenvalue weighted by Crippen LogP contribution is -2.01. The number of aromatic nitrogens is 3. The highest BCUT2D eigenvalue weighted by Crippen LogP contribution is 2.34. The van der Waals surface area contributed by atoms with Crippen LogP contribution >= 0.6 is 23.5 Å². The Hall–Kier alpha value is -2.26. The molecule has 0 spiro atoms. The Balaban J connectivity index is 1.90. The van der Waals surface area contributed by atoms with Crippen molar-refractivity contribution < 1.29 is 13.9 Å². The van der Waals surface area contributed by atoms with E-state index in [0.29, 0.717) is 27.5 Å². The fourth-order valence-corrected chi connectivity index (χ4v) is 3.59. The van der Waals surface area contributed by atoms with Gasteiger partial charge in [-0.3, -0.25) is 4.98 Å². The fraction of sp³-hybridized carbons (Fsp3) is 0.250. The molecule has 25 heavy (non-hydrogen) atoms. The molecule has 3 aromatic heterocycles. The van der Waals surface area contributed by atoms with E-state index in [1.165, 1.54) is 36.9 Å². The van der Waals surface area contributed by atoms with Crippen molar-refractivity contribution in [2.45, 2.75) is 22.4 Å². The topological polar surface area (TPSA) is 104 Å². The Morgan fingerprint density at radius 3 is 2.88 bits per heavy atom. The number of hydrogen-bond donors (Lipinski definition) is 1. The highest BCUT2D eigenvalue weighted by atomic mass is 32.2. The van der Waals surface area contributed by atoms with E-state index in [4.69, 9.17) is 14.9 Å². The number of thioether (sulfide) groups is 2. The molecule has 0 aliphatic heterocycles. The summed E-state index contributed by atoms with van der Waals surface area (Å²) in [6, 6.07) is 3.56. The molecule has 130 valence electrons. The number of carbonyl (C=O) groups is 1. The molecule has 9 heteroatoms. The maximum absolute atomic E-state index is 11.8. The number of fused-ring (bicyclic) bond motifs is 1. The van der Waals surface area contributed by atoms with Gasteiger partial charge in [0, 0.05) is 11.5 Å². The summed E-state index contributed by atoms with van der Waals surface area (Å²) in [7, 11) is 1.34. The first-order chi connectivity index (χ1) is 12.0. The zero-order valence-corrected chi connectivity index (χ0v) is 15.5. The van der Waals surface area contributed by atoms with Crippen LogP contribution < -0.4 is 5.73 Å². The van der Waals surface area contributed by atoms with E-state index in [9.17, 15) is 4.79 Å². The molecule has 3 heterocycles.